The molecule has 0 saturated heterocycles. The van der Waals surface area contributed by atoms with Gasteiger partial charge in [0.2, 0.25) is 10.9 Å². The molecule has 2 aromatic heterocycles. The van der Waals surface area contributed by atoms with Crippen LogP contribution in [0.5, 0.6) is 5.75 Å². The van der Waals surface area contributed by atoms with E-state index in [0.717, 1.165) is 21.8 Å². The number of carbonyl (C=O) groups is 2. The number of hydrogen-bond acceptors (Lipinski definition) is 7. The van der Waals surface area contributed by atoms with Crippen molar-refractivity contribution >= 4 is 39.4 Å². The van der Waals surface area contributed by atoms with Crippen LogP contribution in [0.4, 0.5) is 5.69 Å². The van der Waals surface area contributed by atoms with Gasteiger partial charge in [-0.25, -0.2) is 4.90 Å². The van der Waals surface area contributed by atoms with E-state index < -0.39 is 17.4 Å². The number of amides is 2. The van der Waals surface area contributed by atoms with Crippen LogP contribution < -0.4 is 19.7 Å². The SMILES string of the molecule is C=CCOc1ccc(-c2nc3s/c(=C4\C(=O)N(C(C)=O)c5ccccc54)c(=O)n3n2)cc1. The van der Waals surface area contributed by atoms with E-state index in [9.17, 15) is 14.4 Å². The summed E-state index contributed by atoms with van der Waals surface area (Å²) in [5, 5.41) is 4.34. The van der Waals surface area contributed by atoms with Crippen molar-refractivity contribution in [1.82, 2.24) is 14.6 Å². The van der Waals surface area contributed by atoms with Crippen LogP contribution in [0, 0.1) is 0 Å². The highest BCUT2D eigenvalue weighted by Gasteiger charge is 2.36. The van der Waals surface area contributed by atoms with E-state index in [1.807, 2.05) is 0 Å². The molecule has 3 heterocycles. The standard InChI is InChI=1S/C23H16N4O4S/c1-3-12-31-15-10-8-14(9-11-15)20-24-23-27(25-20)22(30)19(32-23)18-16-6-4-5-7-17(16)26(13(2)28)21(18)29/h3-11H,1,12H2,2H3/b19-18-. The highest BCUT2D eigenvalue weighted by atomic mass is 32.1. The van der Waals surface area contributed by atoms with Crippen LogP contribution in [0.1, 0.15) is 12.5 Å². The summed E-state index contributed by atoms with van der Waals surface area (Å²) < 4.78 is 6.87. The van der Waals surface area contributed by atoms with Crippen molar-refractivity contribution < 1.29 is 14.3 Å². The second-order valence-electron chi connectivity index (χ2n) is 7.04. The molecule has 0 unspecified atom stereocenters. The number of imide groups is 1. The Bertz CT molecular complexity index is 1520. The highest BCUT2D eigenvalue weighted by molar-refractivity contribution is 7.15. The van der Waals surface area contributed by atoms with Gasteiger partial charge < -0.3 is 4.74 Å². The Morgan fingerprint density at radius 3 is 2.59 bits per heavy atom. The first-order valence-corrected chi connectivity index (χ1v) is 10.5. The van der Waals surface area contributed by atoms with Gasteiger partial charge in [-0.15, -0.1) is 5.10 Å². The van der Waals surface area contributed by atoms with Gasteiger partial charge >= 0.3 is 0 Å². The Hall–Kier alpha value is -4.11. The Kier molecular flexibility index (Phi) is 4.67. The zero-order valence-electron chi connectivity index (χ0n) is 16.9. The number of carbonyl (C=O) groups excluding carboxylic acids is 2. The van der Waals surface area contributed by atoms with Gasteiger partial charge in [-0.1, -0.05) is 42.2 Å². The maximum Gasteiger partial charge on any atom is 0.291 e. The lowest BCUT2D eigenvalue weighted by Crippen LogP contribution is -2.35. The Morgan fingerprint density at radius 1 is 1.16 bits per heavy atom. The van der Waals surface area contributed by atoms with Gasteiger partial charge in [0.05, 0.1) is 11.3 Å². The summed E-state index contributed by atoms with van der Waals surface area (Å²) >= 11 is 1.08. The zero-order valence-corrected chi connectivity index (χ0v) is 17.8. The fraction of sp³-hybridized carbons (Fsp3) is 0.0870. The molecule has 1 aliphatic rings. The van der Waals surface area contributed by atoms with Gasteiger partial charge in [-0.05, 0) is 30.3 Å². The maximum atomic E-state index is 13.1. The van der Waals surface area contributed by atoms with Gasteiger partial charge in [-0.3, -0.25) is 14.4 Å². The van der Waals surface area contributed by atoms with Crippen molar-refractivity contribution in [2.45, 2.75) is 6.92 Å². The molecule has 2 amide bonds. The molecule has 0 spiro atoms. The first kappa shape index (κ1) is 19.8. The van der Waals surface area contributed by atoms with Gasteiger partial charge in [0.25, 0.3) is 11.5 Å². The Labute approximate surface area is 185 Å². The van der Waals surface area contributed by atoms with E-state index in [2.05, 4.69) is 16.7 Å². The Morgan fingerprint density at radius 2 is 1.91 bits per heavy atom. The number of aromatic nitrogens is 3. The molecular weight excluding hydrogens is 428 g/mol. The second-order valence-corrected chi connectivity index (χ2v) is 8.02. The molecule has 0 atom stereocenters. The Balaban J connectivity index is 1.62. The number of para-hydroxylation sites is 1. The molecule has 4 aromatic rings. The molecule has 0 radical (unpaired) electrons. The number of fused-ring (bicyclic) bond motifs is 2. The molecular formula is C23H16N4O4S. The first-order chi connectivity index (χ1) is 15.5. The molecule has 0 saturated carbocycles. The number of nitrogens with zero attached hydrogens (tertiary/aromatic N) is 4. The van der Waals surface area contributed by atoms with E-state index in [1.165, 1.54) is 11.4 Å². The predicted octanol–water partition coefficient (Wildman–Crippen LogP) is 2.19. The van der Waals surface area contributed by atoms with Crippen LogP contribution in [0.25, 0.3) is 21.9 Å². The average Bonchev–Trinajstić information content (AvgIpc) is 3.42. The van der Waals surface area contributed by atoms with Crippen molar-refractivity contribution in [1.29, 1.82) is 0 Å². The lowest BCUT2D eigenvalue weighted by atomic mass is 10.1. The molecule has 0 bridgehead atoms. The third-order valence-electron chi connectivity index (χ3n) is 5.01. The van der Waals surface area contributed by atoms with Crippen LogP contribution in [-0.2, 0) is 9.59 Å². The van der Waals surface area contributed by atoms with Crippen molar-refractivity contribution in [3.8, 4) is 17.1 Å². The molecule has 0 aliphatic carbocycles. The smallest absolute Gasteiger partial charge is 0.291 e. The summed E-state index contributed by atoms with van der Waals surface area (Å²) in [6, 6.07) is 14.1. The molecule has 5 rings (SSSR count). The van der Waals surface area contributed by atoms with Gasteiger partial charge in [0.1, 0.15) is 16.9 Å². The van der Waals surface area contributed by atoms with Crippen molar-refractivity contribution in [2.24, 2.45) is 0 Å². The van der Waals surface area contributed by atoms with Crippen molar-refractivity contribution in [3.63, 3.8) is 0 Å². The number of hydrogen-bond donors (Lipinski definition) is 0. The summed E-state index contributed by atoms with van der Waals surface area (Å²) in [6.45, 7) is 5.34. The molecule has 0 fully saturated rings. The summed E-state index contributed by atoms with van der Waals surface area (Å²) in [5.74, 6) is 0.151. The second kappa shape index (κ2) is 7.54. The quantitative estimate of drug-likeness (QED) is 0.448. The average molecular weight is 444 g/mol. The molecule has 158 valence electrons. The third-order valence-corrected chi connectivity index (χ3v) is 6.04. The maximum absolute atomic E-state index is 13.1. The molecule has 1 aliphatic heterocycles. The fourth-order valence-electron chi connectivity index (χ4n) is 3.61. The van der Waals surface area contributed by atoms with E-state index in [1.54, 1.807) is 54.6 Å². The van der Waals surface area contributed by atoms with Gasteiger partial charge in [0, 0.05) is 18.1 Å². The van der Waals surface area contributed by atoms with Crippen molar-refractivity contribution in [3.05, 3.63) is 81.6 Å². The number of ether oxygens (including phenoxy) is 1. The number of thiazole rings is 1. The van der Waals surface area contributed by atoms with Gasteiger partial charge in [0.15, 0.2) is 5.82 Å². The van der Waals surface area contributed by atoms with Crippen LogP contribution >= 0.6 is 11.3 Å². The van der Waals surface area contributed by atoms with Crippen LogP contribution in [0.15, 0.2) is 66.0 Å². The highest BCUT2D eigenvalue weighted by Crippen LogP contribution is 2.35. The zero-order chi connectivity index (χ0) is 22.4. The number of benzene rings is 2. The lowest BCUT2D eigenvalue weighted by Gasteiger charge is -2.11. The van der Waals surface area contributed by atoms with Crippen molar-refractivity contribution in [2.75, 3.05) is 11.5 Å². The van der Waals surface area contributed by atoms with E-state index >= 15 is 0 Å². The minimum atomic E-state index is -0.518. The molecule has 0 N–H and O–H groups in total. The first-order valence-electron chi connectivity index (χ1n) is 9.72. The van der Waals surface area contributed by atoms with Crippen LogP contribution in [-0.4, -0.2) is 33.0 Å². The van der Waals surface area contributed by atoms with Crippen LogP contribution in [0.2, 0.25) is 0 Å². The molecule has 2 aromatic carbocycles. The minimum absolute atomic E-state index is 0.198. The monoisotopic (exact) mass is 444 g/mol. The number of anilines is 1. The molecule has 8 nitrogen and oxygen atoms in total. The van der Waals surface area contributed by atoms with E-state index in [4.69, 9.17) is 4.74 Å². The number of rotatable bonds is 4. The van der Waals surface area contributed by atoms with Gasteiger partial charge in [-0.2, -0.15) is 9.50 Å². The largest absolute Gasteiger partial charge is 0.490 e. The minimum Gasteiger partial charge on any atom is -0.490 e. The summed E-state index contributed by atoms with van der Waals surface area (Å²) in [5.41, 5.74) is 1.50. The summed E-state index contributed by atoms with van der Waals surface area (Å²) in [6.07, 6.45) is 1.66. The topological polar surface area (TPSA) is 93.9 Å². The van der Waals surface area contributed by atoms with E-state index in [0.29, 0.717) is 34.4 Å². The predicted molar refractivity (Wildman–Crippen MR) is 121 cm³/mol. The summed E-state index contributed by atoms with van der Waals surface area (Å²) in [4.78, 5) is 44.1. The normalized spacial score (nSPS) is 14.7. The lowest BCUT2D eigenvalue weighted by molar-refractivity contribution is -0.122. The fourth-order valence-corrected chi connectivity index (χ4v) is 4.61. The summed E-state index contributed by atoms with van der Waals surface area (Å²) in [7, 11) is 0. The third kappa shape index (κ3) is 3.02. The molecule has 9 heteroatoms. The van der Waals surface area contributed by atoms with E-state index in [-0.39, 0.29) is 10.1 Å². The van der Waals surface area contributed by atoms with Crippen LogP contribution in [0.3, 0.4) is 0 Å². The molecule has 32 heavy (non-hydrogen) atoms.